The molecule has 1 heterocycles. The molecule has 0 amide bonds. The first kappa shape index (κ1) is 16.4. The Labute approximate surface area is 128 Å². The van der Waals surface area contributed by atoms with E-state index in [1.807, 2.05) is 25.2 Å². The first-order chi connectivity index (χ1) is 10.2. The second kappa shape index (κ2) is 7.90. The molecule has 0 spiro atoms. The van der Waals surface area contributed by atoms with Crippen LogP contribution in [0.1, 0.15) is 24.8 Å². The maximum atomic E-state index is 9.94. The SMILES string of the molecule is CNC(CO)(CCN1CCC(OC)CC1)c1ccccc1. The Morgan fingerprint density at radius 2 is 1.95 bits per heavy atom. The minimum atomic E-state index is -0.348. The zero-order valence-electron chi connectivity index (χ0n) is 13.2. The van der Waals surface area contributed by atoms with Gasteiger partial charge in [-0.3, -0.25) is 0 Å². The molecule has 1 aromatic rings. The number of aliphatic hydroxyl groups excluding tert-OH is 1. The summed E-state index contributed by atoms with van der Waals surface area (Å²) in [5.41, 5.74) is 0.807. The van der Waals surface area contributed by atoms with Gasteiger partial charge in [-0.2, -0.15) is 0 Å². The Bertz CT molecular complexity index is 399. The molecule has 0 aromatic heterocycles. The average Bonchev–Trinajstić information content (AvgIpc) is 2.58. The monoisotopic (exact) mass is 292 g/mol. The molecule has 0 bridgehead atoms. The molecule has 2 rings (SSSR count). The Morgan fingerprint density at radius 1 is 1.29 bits per heavy atom. The number of rotatable bonds is 7. The number of likely N-dealkylation sites (N-methyl/N-ethyl adjacent to an activating group) is 1. The highest BCUT2D eigenvalue weighted by Gasteiger charge is 2.30. The molecule has 1 aliphatic heterocycles. The number of nitrogens with one attached hydrogen (secondary N) is 1. The van der Waals surface area contributed by atoms with Crippen LogP contribution in [0.5, 0.6) is 0 Å². The van der Waals surface area contributed by atoms with Gasteiger partial charge in [-0.25, -0.2) is 0 Å². The molecule has 0 radical (unpaired) electrons. The highest BCUT2D eigenvalue weighted by atomic mass is 16.5. The van der Waals surface area contributed by atoms with Crippen molar-refractivity contribution in [2.24, 2.45) is 0 Å². The molecule has 21 heavy (non-hydrogen) atoms. The van der Waals surface area contributed by atoms with Crippen molar-refractivity contribution >= 4 is 0 Å². The zero-order chi connectivity index (χ0) is 15.1. The maximum absolute atomic E-state index is 9.94. The number of hydrogen-bond acceptors (Lipinski definition) is 4. The third-order valence-corrected chi connectivity index (χ3v) is 4.80. The molecule has 4 heteroatoms. The van der Waals surface area contributed by atoms with Crippen molar-refractivity contribution in [1.29, 1.82) is 0 Å². The molecule has 1 atom stereocenters. The fourth-order valence-electron chi connectivity index (χ4n) is 3.14. The summed E-state index contributed by atoms with van der Waals surface area (Å²) in [5.74, 6) is 0. The van der Waals surface area contributed by atoms with Gasteiger partial charge in [0.2, 0.25) is 0 Å². The van der Waals surface area contributed by atoms with Crippen LogP contribution in [-0.2, 0) is 10.3 Å². The molecule has 1 fully saturated rings. The molecule has 0 saturated carbocycles. The number of methoxy groups -OCH3 is 1. The van der Waals surface area contributed by atoms with Gasteiger partial charge in [0.05, 0.1) is 18.2 Å². The van der Waals surface area contributed by atoms with Gasteiger partial charge in [0.1, 0.15) is 0 Å². The van der Waals surface area contributed by atoms with Crippen molar-refractivity contribution in [2.45, 2.75) is 30.9 Å². The van der Waals surface area contributed by atoms with Crippen LogP contribution < -0.4 is 5.32 Å². The van der Waals surface area contributed by atoms with Gasteiger partial charge in [-0.05, 0) is 31.9 Å². The zero-order valence-corrected chi connectivity index (χ0v) is 13.2. The van der Waals surface area contributed by atoms with Gasteiger partial charge in [0.15, 0.2) is 0 Å². The lowest BCUT2D eigenvalue weighted by atomic mass is 9.87. The van der Waals surface area contributed by atoms with E-state index in [4.69, 9.17) is 4.74 Å². The molecule has 2 N–H and O–H groups in total. The Hall–Kier alpha value is -0.940. The number of piperidine rings is 1. The first-order valence-electron chi connectivity index (χ1n) is 7.84. The van der Waals surface area contributed by atoms with Crippen molar-refractivity contribution in [3.8, 4) is 0 Å². The highest BCUT2D eigenvalue weighted by molar-refractivity contribution is 5.24. The van der Waals surface area contributed by atoms with Crippen molar-refractivity contribution in [3.63, 3.8) is 0 Å². The summed E-state index contributed by atoms with van der Waals surface area (Å²) in [6, 6.07) is 10.2. The van der Waals surface area contributed by atoms with E-state index >= 15 is 0 Å². The van der Waals surface area contributed by atoms with Crippen molar-refractivity contribution in [3.05, 3.63) is 35.9 Å². The van der Waals surface area contributed by atoms with Crippen LogP contribution >= 0.6 is 0 Å². The summed E-state index contributed by atoms with van der Waals surface area (Å²) in [5, 5.41) is 13.3. The minimum Gasteiger partial charge on any atom is -0.394 e. The second-order valence-corrected chi connectivity index (χ2v) is 5.88. The fourth-order valence-corrected chi connectivity index (χ4v) is 3.14. The van der Waals surface area contributed by atoms with Gasteiger partial charge in [-0.1, -0.05) is 30.3 Å². The molecular formula is C17H28N2O2. The number of likely N-dealkylation sites (tertiary alicyclic amines) is 1. The van der Waals surface area contributed by atoms with Crippen LogP contribution in [0.15, 0.2) is 30.3 Å². The van der Waals surface area contributed by atoms with Gasteiger partial charge in [-0.15, -0.1) is 0 Å². The summed E-state index contributed by atoms with van der Waals surface area (Å²) in [7, 11) is 3.73. The smallest absolute Gasteiger partial charge is 0.0678 e. The largest absolute Gasteiger partial charge is 0.394 e. The van der Waals surface area contributed by atoms with Crippen LogP contribution in [0, 0.1) is 0 Å². The molecule has 0 aliphatic carbocycles. The van der Waals surface area contributed by atoms with Crippen LogP contribution in [0.4, 0.5) is 0 Å². The van der Waals surface area contributed by atoms with E-state index in [9.17, 15) is 5.11 Å². The van der Waals surface area contributed by atoms with Crippen LogP contribution in [-0.4, -0.2) is 56.5 Å². The predicted molar refractivity (Wildman–Crippen MR) is 85.4 cm³/mol. The number of benzene rings is 1. The van der Waals surface area contributed by atoms with Crippen LogP contribution in [0.25, 0.3) is 0 Å². The number of hydrogen-bond donors (Lipinski definition) is 2. The van der Waals surface area contributed by atoms with E-state index in [1.54, 1.807) is 7.11 Å². The number of nitrogens with zero attached hydrogens (tertiary/aromatic N) is 1. The van der Waals surface area contributed by atoms with Crippen LogP contribution in [0.3, 0.4) is 0 Å². The van der Waals surface area contributed by atoms with Gasteiger partial charge in [0, 0.05) is 26.7 Å². The topological polar surface area (TPSA) is 44.7 Å². The maximum Gasteiger partial charge on any atom is 0.0678 e. The van der Waals surface area contributed by atoms with Gasteiger partial charge >= 0.3 is 0 Å². The van der Waals surface area contributed by atoms with E-state index in [-0.39, 0.29) is 12.1 Å². The van der Waals surface area contributed by atoms with Gasteiger partial charge < -0.3 is 20.1 Å². The molecule has 1 aliphatic rings. The summed E-state index contributed by atoms with van der Waals surface area (Å²) < 4.78 is 5.42. The summed E-state index contributed by atoms with van der Waals surface area (Å²) in [6.45, 7) is 3.27. The third-order valence-electron chi connectivity index (χ3n) is 4.80. The molecule has 1 unspecified atom stereocenters. The Morgan fingerprint density at radius 3 is 2.48 bits per heavy atom. The number of aliphatic hydroxyl groups is 1. The standard InChI is InChI=1S/C17H28N2O2/c1-18-17(14-20,15-6-4-3-5-7-15)10-13-19-11-8-16(21-2)9-12-19/h3-7,16,18,20H,8-14H2,1-2H3. The first-order valence-corrected chi connectivity index (χ1v) is 7.84. The molecule has 1 aromatic carbocycles. The van der Waals surface area contributed by atoms with Crippen molar-refractivity contribution in [1.82, 2.24) is 10.2 Å². The summed E-state index contributed by atoms with van der Waals surface area (Å²) in [4.78, 5) is 2.47. The molecule has 118 valence electrons. The Kier molecular flexibility index (Phi) is 6.18. The molecule has 1 saturated heterocycles. The minimum absolute atomic E-state index is 0.113. The number of ether oxygens (including phenoxy) is 1. The quantitative estimate of drug-likeness (QED) is 0.801. The second-order valence-electron chi connectivity index (χ2n) is 5.88. The normalized spacial score (nSPS) is 20.3. The third kappa shape index (κ3) is 4.04. The van der Waals surface area contributed by atoms with Crippen molar-refractivity contribution < 1.29 is 9.84 Å². The molecular weight excluding hydrogens is 264 g/mol. The van der Waals surface area contributed by atoms with E-state index in [2.05, 4.69) is 22.3 Å². The van der Waals surface area contributed by atoms with E-state index in [0.29, 0.717) is 6.10 Å². The highest BCUT2D eigenvalue weighted by Crippen LogP contribution is 2.25. The lowest BCUT2D eigenvalue weighted by molar-refractivity contribution is 0.0361. The van der Waals surface area contributed by atoms with E-state index in [1.165, 1.54) is 0 Å². The lowest BCUT2D eigenvalue weighted by Gasteiger charge is -2.37. The lowest BCUT2D eigenvalue weighted by Crippen LogP contribution is -2.47. The van der Waals surface area contributed by atoms with E-state index < -0.39 is 0 Å². The summed E-state index contributed by atoms with van der Waals surface area (Å²) in [6.07, 6.45) is 3.53. The van der Waals surface area contributed by atoms with Gasteiger partial charge in [0.25, 0.3) is 0 Å². The van der Waals surface area contributed by atoms with Crippen LogP contribution in [0.2, 0.25) is 0 Å². The van der Waals surface area contributed by atoms with Crippen molar-refractivity contribution in [2.75, 3.05) is 40.4 Å². The average molecular weight is 292 g/mol. The predicted octanol–water partition coefficient (Wildman–Crippen LogP) is 1.59. The van der Waals surface area contributed by atoms with E-state index in [0.717, 1.165) is 44.5 Å². The Balaban J connectivity index is 1.95. The summed E-state index contributed by atoms with van der Waals surface area (Å²) >= 11 is 0. The fraction of sp³-hybridized carbons (Fsp3) is 0.647. The molecule has 4 nitrogen and oxygen atoms in total.